The van der Waals surface area contributed by atoms with Crippen LogP contribution in [-0.2, 0) is 4.74 Å². The van der Waals surface area contributed by atoms with Crippen LogP contribution in [0, 0.1) is 5.92 Å². The summed E-state index contributed by atoms with van der Waals surface area (Å²) in [4.78, 5) is 2.62. The molecule has 2 saturated heterocycles. The third-order valence-corrected chi connectivity index (χ3v) is 5.89. The summed E-state index contributed by atoms with van der Waals surface area (Å²) in [6, 6.07) is 0.724. The molecule has 0 amide bonds. The second-order valence-corrected chi connectivity index (χ2v) is 7.53. The van der Waals surface area contributed by atoms with E-state index in [0.717, 1.165) is 25.7 Å². The van der Waals surface area contributed by atoms with Gasteiger partial charge in [0.15, 0.2) is 0 Å². The zero-order valence-electron chi connectivity index (χ0n) is 12.7. The largest absolute Gasteiger partial charge is 0.375 e. The zero-order chi connectivity index (χ0) is 13.5. The fraction of sp³-hybridized carbons (Fsp3) is 1.00. The average molecular weight is 266 g/mol. The summed E-state index contributed by atoms with van der Waals surface area (Å²) in [5, 5.41) is 0. The second-order valence-electron chi connectivity index (χ2n) is 7.53. The molecule has 0 aromatic heterocycles. The molecule has 2 aliphatic heterocycles. The Morgan fingerprint density at radius 3 is 2.47 bits per heavy atom. The lowest BCUT2D eigenvalue weighted by Crippen LogP contribution is -2.72. The second kappa shape index (κ2) is 5.01. The molecule has 0 aromatic carbocycles. The van der Waals surface area contributed by atoms with E-state index in [4.69, 9.17) is 10.5 Å². The van der Waals surface area contributed by atoms with E-state index in [2.05, 4.69) is 18.7 Å². The van der Waals surface area contributed by atoms with Crippen molar-refractivity contribution in [2.24, 2.45) is 11.7 Å². The number of hydrogen-bond acceptors (Lipinski definition) is 3. The molecule has 1 aliphatic carbocycles. The predicted octanol–water partition coefficient (Wildman–Crippen LogP) is 2.54. The molecule has 3 fully saturated rings. The minimum absolute atomic E-state index is 0.0675. The Labute approximate surface area is 117 Å². The Bertz CT molecular complexity index is 311. The number of rotatable bonds is 2. The van der Waals surface area contributed by atoms with E-state index in [1.807, 2.05) is 0 Å². The van der Waals surface area contributed by atoms with Gasteiger partial charge in [0.05, 0.1) is 5.60 Å². The normalized spacial score (nSPS) is 34.4. The standard InChI is InChI=1S/C16H30N2O/c1-13(2)16(17)11-18(12-16)14-6-9-19-15(10-14)7-4-3-5-8-15/h13-14H,3-12,17H2,1-2H3. The smallest absolute Gasteiger partial charge is 0.0697 e. The number of nitrogens with zero attached hydrogens (tertiary/aromatic N) is 1. The van der Waals surface area contributed by atoms with Crippen LogP contribution in [0.3, 0.4) is 0 Å². The number of likely N-dealkylation sites (tertiary alicyclic amines) is 1. The van der Waals surface area contributed by atoms with Crippen LogP contribution in [-0.4, -0.2) is 41.8 Å². The Morgan fingerprint density at radius 2 is 1.84 bits per heavy atom. The molecule has 3 nitrogen and oxygen atoms in total. The summed E-state index contributed by atoms with van der Waals surface area (Å²) >= 11 is 0. The van der Waals surface area contributed by atoms with E-state index < -0.39 is 0 Å². The van der Waals surface area contributed by atoms with E-state index in [-0.39, 0.29) is 11.1 Å². The van der Waals surface area contributed by atoms with Crippen LogP contribution in [0.5, 0.6) is 0 Å². The fourth-order valence-corrected chi connectivity index (χ4v) is 4.19. The first-order valence-corrected chi connectivity index (χ1v) is 8.20. The van der Waals surface area contributed by atoms with Gasteiger partial charge in [0.1, 0.15) is 0 Å². The molecule has 3 rings (SSSR count). The van der Waals surface area contributed by atoms with Crippen LogP contribution in [0.15, 0.2) is 0 Å². The van der Waals surface area contributed by atoms with Gasteiger partial charge in [0, 0.05) is 31.3 Å². The van der Waals surface area contributed by atoms with Crippen LogP contribution in [0.2, 0.25) is 0 Å². The third kappa shape index (κ3) is 2.57. The average Bonchev–Trinajstić information content (AvgIpc) is 2.35. The van der Waals surface area contributed by atoms with Crippen LogP contribution in [0.25, 0.3) is 0 Å². The lowest BCUT2D eigenvalue weighted by molar-refractivity contribution is -0.140. The first kappa shape index (κ1) is 13.8. The molecule has 1 atom stereocenters. The fourth-order valence-electron chi connectivity index (χ4n) is 4.19. The lowest BCUT2D eigenvalue weighted by Gasteiger charge is -2.56. The SMILES string of the molecule is CC(C)C1(N)CN(C2CCOC3(CCCCC3)C2)C1. The van der Waals surface area contributed by atoms with Crippen LogP contribution < -0.4 is 5.73 Å². The van der Waals surface area contributed by atoms with Crippen molar-refractivity contribution in [3.05, 3.63) is 0 Å². The maximum atomic E-state index is 6.44. The van der Waals surface area contributed by atoms with Crippen molar-refractivity contribution in [1.29, 1.82) is 0 Å². The van der Waals surface area contributed by atoms with Crippen LogP contribution in [0.4, 0.5) is 0 Å². The molecular weight excluding hydrogens is 236 g/mol. The quantitative estimate of drug-likeness (QED) is 0.835. The number of nitrogens with two attached hydrogens (primary N) is 1. The molecule has 2 N–H and O–H groups in total. The molecule has 0 radical (unpaired) electrons. The Balaban J connectivity index is 1.58. The Morgan fingerprint density at radius 1 is 1.16 bits per heavy atom. The summed E-state index contributed by atoms with van der Waals surface area (Å²) < 4.78 is 6.20. The summed E-state index contributed by atoms with van der Waals surface area (Å²) in [5.74, 6) is 0.590. The van der Waals surface area contributed by atoms with Gasteiger partial charge in [-0.3, -0.25) is 4.90 Å². The van der Waals surface area contributed by atoms with Gasteiger partial charge in [-0.25, -0.2) is 0 Å². The minimum Gasteiger partial charge on any atom is -0.375 e. The van der Waals surface area contributed by atoms with E-state index >= 15 is 0 Å². The minimum atomic E-state index is 0.0675. The van der Waals surface area contributed by atoms with Gasteiger partial charge in [-0.05, 0) is 31.6 Å². The molecule has 19 heavy (non-hydrogen) atoms. The molecule has 0 aromatic rings. The molecule has 3 heteroatoms. The monoisotopic (exact) mass is 266 g/mol. The summed E-state index contributed by atoms with van der Waals surface area (Å²) in [5.41, 5.74) is 6.74. The maximum Gasteiger partial charge on any atom is 0.0697 e. The van der Waals surface area contributed by atoms with Gasteiger partial charge < -0.3 is 10.5 Å². The highest BCUT2D eigenvalue weighted by Crippen LogP contribution is 2.41. The molecule has 1 unspecified atom stereocenters. The van der Waals surface area contributed by atoms with Crippen molar-refractivity contribution >= 4 is 0 Å². The molecule has 1 saturated carbocycles. The van der Waals surface area contributed by atoms with Gasteiger partial charge in [0.25, 0.3) is 0 Å². The molecular formula is C16H30N2O. The first-order valence-electron chi connectivity index (χ1n) is 8.20. The van der Waals surface area contributed by atoms with Gasteiger partial charge in [-0.1, -0.05) is 33.1 Å². The molecule has 2 heterocycles. The van der Waals surface area contributed by atoms with E-state index in [0.29, 0.717) is 5.92 Å². The Kier molecular flexibility index (Phi) is 3.65. The summed E-state index contributed by atoms with van der Waals surface area (Å²) in [6.45, 7) is 7.64. The molecule has 3 aliphatic rings. The van der Waals surface area contributed by atoms with E-state index in [1.165, 1.54) is 44.9 Å². The number of ether oxygens (including phenoxy) is 1. The highest BCUT2D eigenvalue weighted by molar-refractivity contribution is 5.06. The van der Waals surface area contributed by atoms with Gasteiger partial charge in [-0.15, -0.1) is 0 Å². The van der Waals surface area contributed by atoms with Crippen molar-refractivity contribution in [3.8, 4) is 0 Å². The highest BCUT2D eigenvalue weighted by Gasteiger charge is 2.48. The van der Waals surface area contributed by atoms with E-state index in [1.54, 1.807) is 0 Å². The lowest BCUT2D eigenvalue weighted by atomic mass is 9.74. The predicted molar refractivity (Wildman–Crippen MR) is 78.1 cm³/mol. The van der Waals surface area contributed by atoms with Crippen molar-refractivity contribution in [3.63, 3.8) is 0 Å². The highest BCUT2D eigenvalue weighted by atomic mass is 16.5. The first-order chi connectivity index (χ1) is 9.03. The Hall–Kier alpha value is -0.120. The van der Waals surface area contributed by atoms with Crippen molar-refractivity contribution in [2.75, 3.05) is 19.7 Å². The van der Waals surface area contributed by atoms with Crippen molar-refractivity contribution in [1.82, 2.24) is 4.90 Å². The number of hydrogen-bond donors (Lipinski definition) is 1. The van der Waals surface area contributed by atoms with Gasteiger partial charge >= 0.3 is 0 Å². The zero-order valence-corrected chi connectivity index (χ0v) is 12.7. The molecule has 1 spiro atoms. The van der Waals surface area contributed by atoms with Crippen molar-refractivity contribution in [2.45, 2.75) is 76.0 Å². The maximum absolute atomic E-state index is 6.44. The summed E-state index contributed by atoms with van der Waals surface area (Å²) in [7, 11) is 0. The van der Waals surface area contributed by atoms with Crippen LogP contribution >= 0.6 is 0 Å². The van der Waals surface area contributed by atoms with E-state index in [9.17, 15) is 0 Å². The summed E-state index contributed by atoms with van der Waals surface area (Å²) in [6.07, 6.45) is 9.15. The molecule has 0 bridgehead atoms. The van der Waals surface area contributed by atoms with Gasteiger partial charge in [-0.2, -0.15) is 0 Å². The molecule has 110 valence electrons. The topological polar surface area (TPSA) is 38.5 Å². The van der Waals surface area contributed by atoms with Crippen molar-refractivity contribution < 1.29 is 4.74 Å². The third-order valence-electron chi connectivity index (χ3n) is 5.89. The van der Waals surface area contributed by atoms with Crippen LogP contribution in [0.1, 0.15) is 58.8 Å². The van der Waals surface area contributed by atoms with Gasteiger partial charge in [0.2, 0.25) is 0 Å².